The second-order valence-corrected chi connectivity index (χ2v) is 5.80. The number of hydrogen-bond donors (Lipinski definition) is 2. The molecule has 0 aliphatic rings. The second kappa shape index (κ2) is 8.63. The molecule has 1 atom stereocenters. The Hall–Kier alpha value is -1.43. The highest BCUT2D eigenvalue weighted by molar-refractivity contribution is 7.84. The molecular weight excluding hydrogens is 262 g/mol. The summed E-state index contributed by atoms with van der Waals surface area (Å²) in [5.74, 6) is 0.414. The number of amides is 1. The van der Waals surface area contributed by atoms with Crippen LogP contribution in [-0.2, 0) is 10.8 Å². The van der Waals surface area contributed by atoms with E-state index in [9.17, 15) is 9.00 Å². The Morgan fingerprint density at radius 2 is 2.16 bits per heavy atom. The van der Waals surface area contributed by atoms with Gasteiger partial charge in [-0.3, -0.25) is 9.00 Å². The van der Waals surface area contributed by atoms with Crippen molar-refractivity contribution in [3.63, 3.8) is 0 Å². The van der Waals surface area contributed by atoms with E-state index in [0.29, 0.717) is 24.4 Å². The quantitative estimate of drug-likeness (QED) is 0.708. The molecule has 0 aliphatic carbocycles. The van der Waals surface area contributed by atoms with Crippen molar-refractivity contribution in [3.05, 3.63) is 24.0 Å². The van der Waals surface area contributed by atoms with Crippen LogP contribution in [0.5, 0.6) is 0 Å². The van der Waals surface area contributed by atoms with Crippen LogP contribution in [0.3, 0.4) is 0 Å². The highest BCUT2D eigenvalue weighted by Crippen LogP contribution is 2.06. The van der Waals surface area contributed by atoms with Gasteiger partial charge in [-0.15, -0.1) is 0 Å². The average Bonchev–Trinajstić information content (AvgIpc) is 2.41. The first-order valence-electron chi connectivity index (χ1n) is 6.41. The van der Waals surface area contributed by atoms with Gasteiger partial charge < -0.3 is 10.6 Å². The first kappa shape index (κ1) is 15.6. The summed E-state index contributed by atoms with van der Waals surface area (Å²) < 4.78 is 10.9. The summed E-state index contributed by atoms with van der Waals surface area (Å²) in [6.07, 6.45) is 5.07. The molecule has 0 spiro atoms. The van der Waals surface area contributed by atoms with Crippen LogP contribution in [0.2, 0.25) is 0 Å². The fourth-order valence-electron chi connectivity index (χ4n) is 1.47. The minimum Gasteiger partial charge on any atom is -0.384 e. The molecule has 1 unspecified atom stereocenters. The predicted octanol–water partition coefficient (Wildman–Crippen LogP) is 1.40. The third kappa shape index (κ3) is 6.33. The van der Waals surface area contributed by atoms with E-state index in [0.717, 1.165) is 18.7 Å². The van der Waals surface area contributed by atoms with Crippen molar-refractivity contribution in [2.75, 3.05) is 30.4 Å². The Balaban J connectivity index is 2.37. The van der Waals surface area contributed by atoms with Crippen LogP contribution in [0.25, 0.3) is 0 Å². The fraction of sp³-hybridized carbons (Fsp3) is 0.538. The van der Waals surface area contributed by atoms with Crippen LogP contribution in [0.15, 0.2) is 18.3 Å². The number of nitrogens with one attached hydrogen (secondary N) is 2. The van der Waals surface area contributed by atoms with Crippen molar-refractivity contribution in [1.82, 2.24) is 10.3 Å². The van der Waals surface area contributed by atoms with Gasteiger partial charge >= 0.3 is 0 Å². The van der Waals surface area contributed by atoms with Gasteiger partial charge in [0.2, 0.25) is 0 Å². The average molecular weight is 283 g/mol. The van der Waals surface area contributed by atoms with Crippen molar-refractivity contribution in [2.24, 2.45) is 0 Å². The van der Waals surface area contributed by atoms with Crippen LogP contribution in [-0.4, -0.2) is 40.2 Å². The second-order valence-electron chi connectivity index (χ2n) is 4.25. The number of aromatic nitrogens is 1. The molecule has 1 rings (SSSR count). The molecule has 0 radical (unpaired) electrons. The number of carbonyl (C=O) groups excluding carboxylic acids is 1. The smallest absolute Gasteiger partial charge is 0.269 e. The third-order valence-corrected chi connectivity index (χ3v) is 3.33. The lowest BCUT2D eigenvalue weighted by Gasteiger charge is -2.06. The van der Waals surface area contributed by atoms with Gasteiger partial charge in [0.1, 0.15) is 5.69 Å². The standard InChI is InChI=1S/C13H21N3O2S/c1-3-7-14-11-5-6-12(16-10-11)13(17)15-8-4-9-19(2)18/h5-6,10,14H,3-4,7-9H2,1-2H3,(H,15,17). The summed E-state index contributed by atoms with van der Waals surface area (Å²) in [5, 5.41) is 5.96. The molecule has 0 saturated heterocycles. The van der Waals surface area contributed by atoms with Crippen molar-refractivity contribution in [1.29, 1.82) is 0 Å². The van der Waals surface area contributed by atoms with Gasteiger partial charge in [-0.05, 0) is 25.0 Å². The van der Waals surface area contributed by atoms with Gasteiger partial charge in [-0.1, -0.05) is 6.92 Å². The van der Waals surface area contributed by atoms with Gasteiger partial charge in [0.05, 0.1) is 11.9 Å². The van der Waals surface area contributed by atoms with E-state index in [4.69, 9.17) is 0 Å². The maximum absolute atomic E-state index is 11.7. The third-order valence-electron chi connectivity index (χ3n) is 2.47. The van der Waals surface area contributed by atoms with Crippen LogP contribution in [0.1, 0.15) is 30.3 Å². The zero-order valence-corrected chi connectivity index (χ0v) is 12.3. The molecule has 0 aliphatic heterocycles. The van der Waals surface area contributed by atoms with Crippen molar-refractivity contribution in [2.45, 2.75) is 19.8 Å². The Labute approximate surface area is 116 Å². The molecule has 0 bridgehead atoms. The van der Waals surface area contributed by atoms with E-state index in [-0.39, 0.29) is 5.91 Å². The lowest BCUT2D eigenvalue weighted by molar-refractivity contribution is 0.0949. The molecule has 1 amide bonds. The molecule has 1 heterocycles. The molecule has 0 aromatic carbocycles. The molecular formula is C13H21N3O2S. The summed E-state index contributed by atoms with van der Waals surface area (Å²) in [5.41, 5.74) is 1.32. The van der Waals surface area contributed by atoms with Crippen molar-refractivity contribution >= 4 is 22.4 Å². The van der Waals surface area contributed by atoms with Crippen LogP contribution in [0.4, 0.5) is 5.69 Å². The summed E-state index contributed by atoms with van der Waals surface area (Å²) >= 11 is 0. The minimum atomic E-state index is -0.806. The van der Waals surface area contributed by atoms with Crippen LogP contribution < -0.4 is 10.6 Å². The van der Waals surface area contributed by atoms with Gasteiger partial charge in [0.15, 0.2) is 0 Å². The highest BCUT2D eigenvalue weighted by atomic mass is 32.2. The predicted molar refractivity (Wildman–Crippen MR) is 78.9 cm³/mol. The molecule has 1 aromatic rings. The molecule has 6 heteroatoms. The number of nitrogens with zero attached hydrogens (tertiary/aromatic N) is 1. The number of carbonyl (C=O) groups is 1. The van der Waals surface area contributed by atoms with E-state index >= 15 is 0 Å². The summed E-state index contributed by atoms with van der Waals surface area (Å²) in [4.78, 5) is 15.9. The monoisotopic (exact) mass is 283 g/mol. The van der Waals surface area contributed by atoms with E-state index < -0.39 is 10.8 Å². The van der Waals surface area contributed by atoms with Gasteiger partial charge in [-0.2, -0.15) is 0 Å². The molecule has 0 fully saturated rings. The molecule has 5 nitrogen and oxygen atoms in total. The largest absolute Gasteiger partial charge is 0.384 e. The maximum Gasteiger partial charge on any atom is 0.269 e. The minimum absolute atomic E-state index is 0.191. The molecule has 2 N–H and O–H groups in total. The summed E-state index contributed by atoms with van der Waals surface area (Å²) in [6.45, 7) is 3.50. The normalized spacial score (nSPS) is 11.9. The van der Waals surface area contributed by atoms with E-state index in [1.54, 1.807) is 18.5 Å². The Morgan fingerprint density at radius 1 is 1.37 bits per heavy atom. The highest BCUT2D eigenvalue weighted by Gasteiger charge is 2.06. The van der Waals surface area contributed by atoms with E-state index in [1.165, 1.54) is 0 Å². The van der Waals surface area contributed by atoms with Crippen LogP contribution in [0, 0.1) is 0 Å². The summed E-state index contributed by atoms with van der Waals surface area (Å²) in [7, 11) is -0.806. The van der Waals surface area contributed by atoms with E-state index in [2.05, 4.69) is 22.5 Å². The topological polar surface area (TPSA) is 71.1 Å². The number of rotatable bonds is 8. The first-order valence-corrected chi connectivity index (χ1v) is 8.14. The van der Waals surface area contributed by atoms with E-state index in [1.807, 2.05) is 6.07 Å². The van der Waals surface area contributed by atoms with Crippen LogP contribution >= 0.6 is 0 Å². The molecule has 1 aromatic heterocycles. The molecule has 106 valence electrons. The Morgan fingerprint density at radius 3 is 2.74 bits per heavy atom. The zero-order valence-electron chi connectivity index (χ0n) is 11.4. The Kier molecular flexibility index (Phi) is 7.10. The summed E-state index contributed by atoms with van der Waals surface area (Å²) in [6, 6.07) is 3.55. The number of pyridine rings is 1. The fourth-order valence-corrected chi connectivity index (χ4v) is 2.02. The van der Waals surface area contributed by atoms with Crippen molar-refractivity contribution < 1.29 is 9.00 Å². The van der Waals surface area contributed by atoms with Crippen molar-refractivity contribution in [3.8, 4) is 0 Å². The maximum atomic E-state index is 11.7. The zero-order chi connectivity index (χ0) is 14.1. The van der Waals surface area contributed by atoms with Gasteiger partial charge in [-0.25, -0.2) is 4.98 Å². The molecule has 0 saturated carbocycles. The van der Waals surface area contributed by atoms with Gasteiger partial charge in [0, 0.05) is 35.9 Å². The lowest BCUT2D eigenvalue weighted by atomic mass is 10.3. The number of hydrogen-bond acceptors (Lipinski definition) is 4. The first-order chi connectivity index (χ1) is 9.13. The lowest BCUT2D eigenvalue weighted by Crippen LogP contribution is -2.26. The SMILES string of the molecule is CCCNc1ccc(C(=O)NCCCS(C)=O)nc1. The number of anilines is 1. The molecule has 19 heavy (non-hydrogen) atoms. The van der Waals surface area contributed by atoms with Gasteiger partial charge in [0.25, 0.3) is 5.91 Å². The Bertz CT molecular complexity index is 420.